The summed E-state index contributed by atoms with van der Waals surface area (Å²) in [5.74, 6) is -0.951. The predicted octanol–water partition coefficient (Wildman–Crippen LogP) is 2.06. The topological polar surface area (TPSA) is 72.9 Å². The molecule has 6 nitrogen and oxygen atoms in total. The second kappa shape index (κ2) is 6.40. The summed E-state index contributed by atoms with van der Waals surface area (Å²) in [7, 11) is 0. The molecule has 2 fully saturated rings. The van der Waals surface area contributed by atoms with Crippen LogP contribution in [0.15, 0.2) is 24.3 Å². The first-order chi connectivity index (χ1) is 11.0. The van der Waals surface area contributed by atoms with Gasteiger partial charge in [0, 0.05) is 25.1 Å². The Morgan fingerprint density at radius 2 is 1.96 bits per heavy atom. The lowest BCUT2D eigenvalue weighted by Crippen LogP contribution is -2.35. The van der Waals surface area contributed by atoms with Crippen molar-refractivity contribution in [3.05, 3.63) is 29.8 Å². The Morgan fingerprint density at radius 1 is 1.22 bits per heavy atom. The van der Waals surface area contributed by atoms with Gasteiger partial charge in [-0.25, -0.2) is 9.59 Å². The Labute approximate surface area is 134 Å². The molecule has 0 spiro atoms. The number of benzene rings is 1. The van der Waals surface area contributed by atoms with Crippen LogP contribution in [0.1, 0.15) is 43.0 Å². The van der Waals surface area contributed by atoms with E-state index in [9.17, 15) is 14.4 Å². The van der Waals surface area contributed by atoms with Crippen LogP contribution in [0, 0.1) is 0 Å². The number of ether oxygens (including phenoxy) is 2. The molecule has 0 saturated carbocycles. The number of anilines is 1. The van der Waals surface area contributed by atoms with E-state index in [1.807, 2.05) is 0 Å². The SMILES string of the molecule is CC1CC(OC(=O)c2ccc(N3CCCCC3=O)cc2)C(=O)O1. The van der Waals surface area contributed by atoms with Crippen molar-refractivity contribution < 1.29 is 23.9 Å². The first-order valence-corrected chi connectivity index (χ1v) is 7.86. The average Bonchev–Trinajstić information content (AvgIpc) is 2.85. The second-order valence-electron chi connectivity index (χ2n) is 5.93. The van der Waals surface area contributed by atoms with Crippen molar-refractivity contribution in [1.29, 1.82) is 0 Å². The van der Waals surface area contributed by atoms with E-state index in [-0.39, 0.29) is 12.0 Å². The minimum Gasteiger partial charge on any atom is -0.460 e. The summed E-state index contributed by atoms with van der Waals surface area (Å²) >= 11 is 0. The molecule has 2 heterocycles. The molecule has 0 N–H and O–H groups in total. The molecule has 0 aliphatic carbocycles. The molecule has 2 unspecified atom stereocenters. The first kappa shape index (κ1) is 15.5. The summed E-state index contributed by atoms with van der Waals surface area (Å²) in [5.41, 5.74) is 1.13. The van der Waals surface area contributed by atoms with Crippen LogP contribution in [-0.2, 0) is 19.1 Å². The predicted molar refractivity (Wildman–Crippen MR) is 82.0 cm³/mol. The quantitative estimate of drug-likeness (QED) is 0.798. The maximum atomic E-state index is 12.1. The van der Waals surface area contributed by atoms with Crippen molar-refractivity contribution >= 4 is 23.5 Å². The Hall–Kier alpha value is -2.37. The van der Waals surface area contributed by atoms with E-state index in [0.717, 1.165) is 18.5 Å². The molecule has 23 heavy (non-hydrogen) atoms. The minimum absolute atomic E-state index is 0.106. The smallest absolute Gasteiger partial charge is 0.347 e. The number of cyclic esters (lactones) is 1. The van der Waals surface area contributed by atoms with Crippen molar-refractivity contribution in [2.45, 2.75) is 44.8 Å². The van der Waals surface area contributed by atoms with Gasteiger partial charge in [0.05, 0.1) is 5.56 Å². The first-order valence-electron chi connectivity index (χ1n) is 7.86. The van der Waals surface area contributed by atoms with Crippen molar-refractivity contribution in [3.8, 4) is 0 Å². The van der Waals surface area contributed by atoms with E-state index in [2.05, 4.69) is 0 Å². The Morgan fingerprint density at radius 3 is 2.57 bits per heavy atom. The molecular weight excluding hydrogens is 298 g/mol. The molecule has 6 heteroatoms. The van der Waals surface area contributed by atoms with Gasteiger partial charge < -0.3 is 14.4 Å². The van der Waals surface area contributed by atoms with Gasteiger partial charge in [-0.3, -0.25) is 4.79 Å². The van der Waals surface area contributed by atoms with Crippen LogP contribution in [0.25, 0.3) is 0 Å². The molecule has 0 radical (unpaired) electrons. The van der Waals surface area contributed by atoms with Crippen LogP contribution >= 0.6 is 0 Å². The third-order valence-corrected chi connectivity index (χ3v) is 4.11. The van der Waals surface area contributed by atoms with Gasteiger partial charge in [-0.05, 0) is 44.0 Å². The number of hydrogen-bond donors (Lipinski definition) is 0. The largest absolute Gasteiger partial charge is 0.460 e. The zero-order valence-electron chi connectivity index (χ0n) is 13.0. The van der Waals surface area contributed by atoms with Gasteiger partial charge in [0.25, 0.3) is 0 Å². The normalized spacial score (nSPS) is 24.5. The van der Waals surface area contributed by atoms with Gasteiger partial charge in [-0.1, -0.05) is 0 Å². The number of nitrogens with zero attached hydrogens (tertiary/aromatic N) is 1. The van der Waals surface area contributed by atoms with Crippen LogP contribution in [0.3, 0.4) is 0 Å². The summed E-state index contributed by atoms with van der Waals surface area (Å²) < 4.78 is 10.2. The Balaban J connectivity index is 1.66. The van der Waals surface area contributed by atoms with E-state index in [4.69, 9.17) is 9.47 Å². The van der Waals surface area contributed by atoms with E-state index < -0.39 is 18.0 Å². The number of amides is 1. The van der Waals surface area contributed by atoms with E-state index in [1.165, 1.54) is 0 Å². The van der Waals surface area contributed by atoms with Crippen LogP contribution < -0.4 is 4.90 Å². The van der Waals surface area contributed by atoms with Gasteiger partial charge in [0.15, 0.2) is 0 Å². The van der Waals surface area contributed by atoms with E-state index >= 15 is 0 Å². The van der Waals surface area contributed by atoms with Crippen LogP contribution in [0.5, 0.6) is 0 Å². The molecule has 2 aliphatic heterocycles. The highest BCUT2D eigenvalue weighted by molar-refractivity contribution is 5.95. The summed E-state index contributed by atoms with van der Waals surface area (Å²) in [6, 6.07) is 6.69. The monoisotopic (exact) mass is 317 g/mol. The zero-order valence-corrected chi connectivity index (χ0v) is 13.0. The number of hydrogen-bond acceptors (Lipinski definition) is 5. The number of piperidine rings is 1. The molecule has 2 saturated heterocycles. The lowest BCUT2D eigenvalue weighted by Gasteiger charge is -2.26. The Kier molecular flexibility index (Phi) is 4.32. The summed E-state index contributed by atoms with van der Waals surface area (Å²) in [6.45, 7) is 2.46. The lowest BCUT2D eigenvalue weighted by atomic mass is 10.1. The fraction of sp³-hybridized carbons (Fsp3) is 0.471. The highest BCUT2D eigenvalue weighted by Crippen LogP contribution is 2.23. The molecule has 2 aliphatic rings. The number of esters is 2. The summed E-state index contributed by atoms with van der Waals surface area (Å²) in [6.07, 6.45) is 1.79. The standard InChI is InChI=1S/C17H19NO5/c1-11-10-14(17(21)22-11)23-16(20)12-5-7-13(8-6-12)18-9-3-2-4-15(18)19/h5-8,11,14H,2-4,9-10H2,1H3. The van der Waals surface area contributed by atoms with Crippen LogP contribution in [-0.4, -0.2) is 36.6 Å². The summed E-state index contributed by atoms with van der Waals surface area (Å²) in [5, 5.41) is 0. The molecule has 0 bridgehead atoms. The average molecular weight is 317 g/mol. The van der Waals surface area contributed by atoms with Crippen molar-refractivity contribution in [3.63, 3.8) is 0 Å². The van der Waals surface area contributed by atoms with E-state index in [1.54, 1.807) is 36.1 Å². The van der Waals surface area contributed by atoms with Gasteiger partial charge in [-0.15, -0.1) is 0 Å². The fourth-order valence-electron chi connectivity index (χ4n) is 2.87. The molecule has 1 amide bonds. The maximum Gasteiger partial charge on any atom is 0.347 e. The van der Waals surface area contributed by atoms with Crippen molar-refractivity contribution in [1.82, 2.24) is 0 Å². The third-order valence-electron chi connectivity index (χ3n) is 4.11. The van der Waals surface area contributed by atoms with Gasteiger partial charge in [-0.2, -0.15) is 0 Å². The molecule has 1 aromatic carbocycles. The van der Waals surface area contributed by atoms with Gasteiger partial charge in [0.1, 0.15) is 6.10 Å². The Bertz CT molecular complexity index is 624. The minimum atomic E-state index is -0.833. The summed E-state index contributed by atoms with van der Waals surface area (Å²) in [4.78, 5) is 37.2. The lowest BCUT2D eigenvalue weighted by molar-refractivity contribution is -0.147. The van der Waals surface area contributed by atoms with Crippen molar-refractivity contribution in [2.75, 3.05) is 11.4 Å². The maximum absolute atomic E-state index is 12.1. The van der Waals surface area contributed by atoms with Gasteiger partial charge in [0.2, 0.25) is 12.0 Å². The highest BCUT2D eigenvalue weighted by atomic mass is 16.6. The van der Waals surface area contributed by atoms with Crippen LogP contribution in [0.2, 0.25) is 0 Å². The zero-order chi connectivity index (χ0) is 16.4. The molecule has 1 aromatic rings. The molecule has 122 valence electrons. The molecule has 0 aromatic heterocycles. The molecule has 3 rings (SSSR count). The van der Waals surface area contributed by atoms with Gasteiger partial charge >= 0.3 is 11.9 Å². The number of carbonyl (C=O) groups excluding carboxylic acids is 3. The second-order valence-corrected chi connectivity index (χ2v) is 5.93. The number of carbonyl (C=O) groups is 3. The van der Waals surface area contributed by atoms with Crippen molar-refractivity contribution in [2.24, 2.45) is 0 Å². The van der Waals surface area contributed by atoms with E-state index in [0.29, 0.717) is 24.9 Å². The molecular formula is C17H19NO5. The highest BCUT2D eigenvalue weighted by Gasteiger charge is 2.35. The third kappa shape index (κ3) is 3.36. The fourth-order valence-corrected chi connectivity index (χ4v) is 2.87. The number of rotatable bonds is 3. The van der Waals surface area contributed by atoms with Crippen LogP contribution in [0.4, 0.5) is 5.69 Å². The molecule has 2 atom stereocenters.